The summed E-state index contributed by atoms with van der Waals surface area (Å²) in [4.78, 5) is 13.9. The molecule has 6 nitrogen and oxygen atoms in total. The minimum absolute atomic E-state index is 0.0675. The van der Waals surface area contributed by atoms with Gasteiger partial charge in [0.2, 0.25) is 0 Å². The number of carbonyl (C=O) groups is 1. The fourth-order valence-electron chi connectivity index (χ4n) is 5.94. The highest BCUT2D eigenvalue weighted by Gasteiger charge is 2.46. The normalized spacial score (nSPS) is 24.8. The Balaban J connectivity index is 2.14. The van der Waals surface area contributed by atoms with E-state index in [1.165, 1.54) is 0 Å². The van der Waals surface area contributed by atoms with E-state index in [1.54, 1.807) is 28.4 Å². The fourth-order valence-corrected chi connectivity index (χ4v) is 7.41. The zero-order valence-electron chi connectivity index (χ0n) is 21.0. The molecule has 0 spiro atoms. The molecule has 4 rings (SSSR count). The molecule has 0 saturated heterocycles. The molecule has 0 radical (unpaired) electrons. The van der Waals surface area contributed by atoms with Gasteiger partial charge in [0.15, 0.2) is 5.78 Å². The summed E-state index contributed by atoms with van der Waals surface area (Å²) >= 11 is 0. The summed E-state index contributed by atoms with van der Waals surface area (Å²) in [5, 5.41) is 13.3. The van der Waals surface area contributed by atoms with Gasteiger partial charge in [0.05, 0.1) is 58.5 Å². The minimum atomic E-state index is -1.82. The van der Waals surface area contributed by atoms with Crippen molar-refractivity contribution in [1.29, 1.82) is 0 Å². The van der Waals surface area contributed by atoms with Gasteiger partial charge in [0.25, 0.3) is 0 Å². The van der Waals surface area contributed by atoms with Crippen molar-refractivity contribution in [1.82, 2.24) is 0 Å². The standard InChI is InChI=1S/C26H36O6Si/c1-26(28)10-9-15-14(13-26)11-16-19(22(15)27)25(32-5)20-17(29-2)12-18(33(6,7)8)24(31-4)21(20)23(16)30-3/h12,14-15,28H,9-11,13H2,1-8H3/t14-,15-,26+/m1/s1. The molecule has 7 heteroatoms. The molecule has 1 fully saturated rings. The Hall–Kier alpha value is -2.25. The Morgan fingerprint density at radius 3 is 2.15 bits per heavy atom. The molecule has 2 aromatic rings. The van der Waals surface area contributed by atoms with Gasteiger partial charge in [-0.15, -0.1) is 0 Å². The van der Waals surface area contributed by atoms with E-state index < -0.39 is 13.7 Å². The van der Waals surface area contributed by atoms with Crippen LogP contribution in [0.3, 0.4) is 0 Å². The number of hydrogen-bond acceptors (Lipinski definition) is 6. The summed E-state index contributed by atoms with van der Waals surface area (Å²) in [5.74, 6) is 2.60. The zero-order chi connectivity index (χ0) is 24.3. The van der Waals surface area contributed by atoms with E-state index in [0.717, 1.165) is 21.9 Å². The fraction of sp³-hybridized carbons (Fsp3) is 0.577. The first-order chi connectivity index (χ1) is 15.5. The Bertz CT molecular complexity index is 1110. The van der Waals surface area contributed by atoms with Gasteiger partial charge >= 0.3 is 0 Å². The first kappa shape index (κ1) is 23.9. The van der Waals surface area contributed by atoms with Crippen molar-refractivity contribution >= 4 is 29.8 Å². The highest BCUT2D eigenvalue weighted by Crippen LogP contribution is 2.54. The van der Waals surface area contributed by atoms with Gasteiger partial charge in [-0.05, 0) is 49.8 Å². The lowest BCUT2D eigenvalue weighted by Crippen LogP contribution is -2.43. The average molecular weight is 473 g/mol. The molecular weight excluding hydrogens is 436 g/mol. The summed E-state index contributed by atoms with van der Waals surface area (Å²) in [6, 6.07) is 2.04. The predicted molar refractivity (Wildman–Crippen MR) is 133 cm³/mol. The highest BCUT2D eigenvalue weighted by atomic mass is 28.3. The van der Waals surface area contributed by atoms with Crippen molar-refractivity contribution in [3.8, 4) is 23.0 Å². The van der Waals surface area contributed by atoms with Crippen molar-refractivity contribution in [2.24, 2.45) is 11.8 Å². The van der Waals surface area contributed by atoms with E-state index in [4.69, 9.17) is 18.9 Å². The second-order valence-electron chi connectivity index (χ2n) is 10.8. The van der Waals surface area contributed by atoms with Crippen LogP contribution in [0.1, 0.15) is 42.1 Å². The molecule has 33 heavy (non-hydrogen) atoms. The molecular formula is C26H36O6Si. The summed E-state index contributed by atoms with van der Waals surface area (Å²) in [5.41, 5.74) is 0.684. The molecule has 0 unspecified atom stereocenters. The summed E-state index contributed by atoms with van der Waals surface area (Å²) < 4.78 is 23.8. The van der Waals surface area contributed by atoms with Crippen LogP contribution in [0.4, 0.5) is 0 Å². The molecule has 0 bridgehead atoms. The summed E-state index contributed by atoms with van der Waals surface area (Å²) in [6.07, 6.45) is 2.55. The van der Waals surface area contributed by atoms with E-state index in [1.807, 2.05) is 13.0 Å². The molecule has 0 aromatic heterocycles. The molecule has 3 atom stereocenters. The van der Waals surface area contributed by atoms with E-state index in [-0.39, 0.29) is 17.6 Å². The molecule has 180 valence electrons. The average Bonchev–Trinajstić information content (AvgIpc) is 2.75. The highest BCUT2D eigenvalue weighted by molar-refractivity contribution is 6.89. The van der Waals surface area contributed by atoms with E-state index in [0.29, 0.717) is 53.9 Å². The molecule has 2 aliphatic carbocycles. The van der Waals surface area contributed by atoms with Gasteiger partial charge < -0.3 is 24.1 Å². The minimum Gasteiger partial charge on any atom is -0.496 e. The van der Waals surface area contributed by atoms with E-state index >= 15 is 0 Å². The number of rotatable bonds is 5. The molecule has 2 aromatic carbocycles. The number of ether oxygens (including phenoxy) is 4. The second kappa shape index (κ2) is 8.20. The van der Waals surface area contributed by atoms with Crippen molar-refractivity contribution in [3.05, 3.63) is 17.2 Å². The Morgan fingerprint density at radius 1 is 0.970 bits per heavy atom. The lowest BCUT2D eigenvalue weighted by atomic mass is 9.63. The van der Waals surface area contributed by atoms with Gasteiger partial charge in [0.1, 0.15) is 23.0 Å². The Labute approximate surface area is 197 Å². The number of Topliss-reactive ketones (excluding diaryl/α,β-unsaturated/α-hetero) is 1. The topological polar surface area (TPSA) is 74.2 Å². The SMILES string of the molecule is COc1cc([Si](C)(C)C)c(OC)c2c(OC)c3c(c(OC)c12)C(=O)[C@@H]1CC[C@](C)(O)C[C@H]1C3. The third-order valence-electron chi connectivity index (χ3n) is 7.46. The maximum absolute atomic E-state index is 13.9. The first-order valence-corrected chi connectivity index (χ1v) is 15.1. The number of hydrogen-bond donors (Lipinski definition) is 1. The predicted octanol–water partition coefficient (Wildman–Crippen LogP) is 4.33. The van der Waals surface area contributed by atoms with Crippen LogP contribution in [0.2, 0.25) is 19.6 Å². The Kier molecular flexibility index (Phi) is 5.94. The molecule has 1 N–H and O–H groups in total. The largest absolute Gasteiger partial charge is 0.496 e. The lowest BCUT2D eigenvalue weighted by Gasteiger charge is -2.42. The van der Waals surface area contributed by atoms with Crippen LogP contribution < -0.4 is 24.1 Å². The van der Waals surface area contributed by atoms with Crippen LogP contribution in [-0.2, 0) is 6.42 Å². The van der Waals surface area contributed by atoms with Crippen LogP contribution >= 0.6 is 0 Å². The van der Waals surface area contributed by atoms with Crippen LogP contribution in [0.25, 0.3) is 10.8 Å². The van der Waals surface area contributed by atoms with Crippen molar-refractivity contribution in [2.75, 3.05) is 28.4 Å². The van der Waals surface area contributed by atoms with Crippen LogP contribution in [0, 0.1) is 11.8 Å². The van der Waals surface area contributed by atoms with Gasteiger partial charge in [-0.2, -0.15) is 0 Å². The quantitative estimate of drug-likeness (QED) is 0.653. The zero-order valence-corrected chi connectivity index (χ0v) is 22.0. The third-order valence-corrected chi connectivity index (χ3v) is 9.44. The number of benzene rings is 2. The van der Waals surface area contributed by atoms with Crippen LogP contribution in [-0.4, -0.2) is 53.0 Å². The molecule has 2 aliphatic rings. The van der Waals surface area contributed by atoms with Crippen molar-refractivity contribution in [3.63, 3.8) is 0 Å². The maximum Gasteiger partial charge on any atom is 0.170 e. The number of methoxy groups -OCH3 is 4. The van der Waals surface area contributed by atoms with Crippen LogP contribution in [0.15, 0.2) is 6.07 Å². The number of carbonyl (C=O) groups excluding carboxylic acids is 1. The number of aliphatic hydroxyl groups is 1. The monoisotopic (exact) mass is 472 g/mol. The van der Waals surface area contributed by atoms with Gasteiger partial charge in [-0.3, -0.25) is 4.79 Å². The maximum atomic E-state index is 13.9. The smallest absolute Gasteiger partial charge is 0.170 e. The third kappa shape index (κ3) is 3.69. The molecule has 0 heterocycles. The van der Waals surface area contributed by atoms with Gasteiger partial charge in [0, 0.05) is 11.5 Å². The second-order valence-corrected chi connectivity index (χ2v) is 15.8. The van der Waals surface area contributed by atoms with Crippen LogP contribution in [0.5, 0.6) is 23.0 Å². The first-order valence-electron chi connectivity index (χ1n) is 11.6. The van der Waals surface area contributed by atoms with Gasteiger partial charge in [-0.1, -0.05) is 19.6 Å². The number of fused-ring (bicyclic) bond motifs is 3. The molecule has 0 amide bonds. The van der Waals surface area contributed by atoms with E-state index in [2.05, 4.69) is 19.6 Å². The van der Waals surface area contributed by atoms with Gasteiger partial charge in [-0.25, -0.2) is 0 Å². The van der Waals surface area contributed by atoms with E-state index in [9.17, 15) is 9.90 Å². The molecule has 1 saturated carbocycles. The Morgan fingerprint density at radius 2 is 1.61 bits per heavy atom. The molecule has 0 aliphatic heterocycles. The number of ketones is 1. The lowest BCUT2D eigenvalue weighted by molar-refractivity contribution is -0.0173. The van der Waals surface area contributed by atoms with Crippen molar-refractivity contribution < 1.29 is 28.8 Å². The summed E-state index contributed by atoms with van der Waals surface area (Å²) in [7, 11) is 4.74. The van der Waals surface area contributed by atoms with Crippen molar-refractivity contribution in [2.45, 2.75) is 57.8 Å². The summed E-state index contributed by atoms with van der Waals surface area (Å²) in [6.45, 7) is 8.65.